The van der Waals surface area contributed by atoms with E-state index in [1.54, 1.807) is 0 Å². The van der Waals surface area contributed by atoms with Gasteiger partial charge >= 0.3 is 0 Å². The highest BCUT2D eigenvalue weighted by molar-refractivity contribution is 5.18. The summed E-state index contributed by atoms with van der Waals surface area (Å²) >= 11 is 0. The predicted molar refractivity (Wildman–Crippen MR) is 68.3 cm³/mol. The number of nitrogens with one attached hydrogen (secondary N) is 1. The smallest absolute Gasteiger partial charge is 0.127 e. The van der Waals surface area contributed by atoms with Gasteiger partial charge in [0.05, 0.1) is 0 Å². The number of halogens is 2. The molecule has 0 aliphatic carbocycles. The molecule has 1 atom stereocenters. The van der Waals surface area contributed by atoms with Crippen molar-refractivity contribution in [3.8, 4) is 0 Å². The van der Waals surface area contributed by atoms with Crippen LogP contribution in [0.3, 0.4) is 0 Å². The van der Waals surface area contributed by atoms with Crippen LogP contribution >= 0.6 is 0 Å². The molecule has 2 rings (SSSR count). The van der Waals surface area contributed by atoms with Crippen LogP contribution in [0.2, 0.25) is 0 Å². The van der Waals surface area contributed by atoms with Crippen molar-refractivity contribution < 1.29 is 8.78 Å². The van der Waals surface area contributed by atoms with Gasteiger partial charge in [0.1, 0.15) is 11.6 Å². The molecule has 0 amide bonds. The lowest BCUT2D eigenvalue weighted by atomic mass is 10.1. The van der Waals surface area contributed by atoms with E-state index in [1.807, 2.05) is 0 Å². The normalized spacial score (nSPS) is 20.5. The van der Waals surface area contributed by atoms with Crippen LogP contribution < -0.4 is 5.32 Å². The van der Waals surface area contributed by atoms with Crippen molar-refractivity contribution in [2.45, 2.75) is 19.9 Å². The van der Waals surface area contributed by atoms with Crippen molar-refractivity contribution in [2.75, 3.05) is 26.2 Å². The first-order valence-corrected chi connectivity index (χ1v) is 6.56. The van der Waals surface area contributed by atoms with Gasteiger partial charge in [0.25, 0.3) is 0 Å². The zero-order chi connectivity index (χ0) is 13.0. The van der Waals surface area contributed by atoms with E-state index in [-0.39, 0.29) is 11.6 Å². The van der Waals surface area contributed by atoms with Gasteiger partial charge in [-0.2, -0.15) is 0 Å². The van der Waals surface area contributed by atoms with Gasteiger partial charge in [-0.3, -0.25) is 4.90 Å². The molecule has 4 heteroatoms. The van der Waals surface area contributed by atoms with Crippen LogP contribution in [-0.2, 0) is 6.54 Å². The highest BCUT2D eigenvalue weighted by Gasteiger charge is 2.22. The number of nitrogens with zero attached hydrogens (tertiary/aromatic N) is 1. The first kappa shape index (κ1) is 13.4. The second-order valence-corrected chi connectivity index (χ2v) is 4.93. The zero-order valence-electron chi connectivity index (χ0n) is 10.8. The highest BCUT2D eigenvalue weighted by Crippen LogP contribution is 2.19. The van der Waals surface area contributed by atoms with Crippen LogP contribution in [0, 0.1) is 17.6 Å². The third kappa shape index (κ3) is 3.50. The summed E-state index contributed by atoms with van der Waals surface area (Å²) in [4.78, 5) is 2.19. The van der Waals surface area contributed by atoms with Crippen LogP contribution in [0.25, 0.3) is 0 Å². The molecule has 1 unspecified atom stereocenters. The summed E-state index contributed by atoms with van der Waals surface area (Å²) < 4.78 is 26.6. The van der Waals surface area contributed by atoms with Crippen molar-refractivity contribution in [3.63, 3.8) is 0 Å². The monoisotopic (exact) mass is 254 g/mol. The number of rotatable bonds is 5. The number of hydrogen-bond donors (Lipinski definition) is 1. The lowest BCUT2D eigenvalue weighted by molar-refractivity contribution is 0.309. The molecule has 1 aliphatic heterocycles. The molecular weight excluding hydrogens is 234 g/mol. The molecule has 1 aliphatic rings. The minimum Gasteiger partial charge on any atom is -0.317 e. The SMILES string of the molecule is CCNCC1CCN(Cc2cc(F)ccc2F)C1. The number of likely N-dealkylation sites (tertiary alicyclic amines) is 1. The molecule has 0 spiro atoms. The van der Waals surface area contributed by atoms with Crippen molar-refractivity contribution in [2.24, 2.45) is 5.92 Å². The highest BCUT2D eigenvalue weighted by atomic mass is 19.1. The third-order valence-corrected chi connectivity index (χ3v) is 3.45. The van der Waals surface area contributed by atoms with Gasteiger partial charge in [0, 0.05) is 18.7 Å². The summed E-state index contributed by atoms with van der Waals surface area (Å²) in [7, 11) is 0. The number of benzene rings is 1. The predicted octanol–water partition coefficient (Wildman–Crippen LogP) is 2.40. The molecule has 1 N–H and O–H groups in total. The molecular formula is C14H20F2N2. The molecule has 1 aromatic rings. The fourth-order valence-corrected chi connectivity index (χ4v) is 2.48. The van der Waals surface area contributed by atoms with Gasteiger partial charge in [0.15, 0.2) is 0 Å². The van der Waals surface area contributed by atoms with E-state index in [0.717, 1.165) is 38.7 Å². The summed E-state index contributed by atoms with van der Waals surface area (Å²) in [5.41, 5.74) is 0.458. The molecule has 0 bridgehead atoms. The maximum Gasteiger partial charge on any atom is 0.127 e. The van der Waals surface area contributed by atoms with Gasteiger partial charge in [-0.25, -0.2) is 8.78 Å². The second kappa shape index (κ2) is 6.25. The van der Waals surface area contributed by atoms with Crippen LogP contribution in [0.1, 0.15) is 18.9 Å². The summed E-state index contributed by atoms with van der Waals surface area (Å²) in [6, 6.07) is 3.67. The van der Waals surface area contributed by atoms with E-state index in [1.165, 1.54) is 12.1 Å². The van der Waals surface area contributed by atoms with Gasteiger partial charge < -0.3 is 5.32 Å². The number of hydrogen-bond acceptors (Lipinski definition) is 2. The Bertz CT molecular complexity index is 395. The Hall–Kier alpha value is -1.00. The van der Waals surface area contributed by atoms with Crippen molar-refractivity contribution in [1.82, 2.24) is 10.2 Å². The average molecular weight is 254 g/mol. The Morgan fingerprint density at radius 2 is 2.22 bits per heavy atom. The summed E-state index contributed by atoms with van der Waals surface area (Å²) in [6.07, 6.45) is 1.13. The molecule has 0 aromatic heterocycles. The maximum absolute atomic E-state index is 13.5. The van der Waals surface area contributed by atoms with E-state index < -0.39 is 0 Å². The Morgan fingerprint density at radius 1 is 1.39 bits per heavy atom. The Labute approximate surface area is 107 Å². The van der Waals surface area contributed by atoms with Crippen molar-refractivity contribution in [1.29, 1.82) is 0 Å². The molecule has 18 heavy (non-hydrogen) atoms. The van der Waals surface area contributed by atoms with Crippen molar-refractivity contribution >= 4 is 0 Å². The zero-order valence-corrected chi connectivity index (χ0v) is 10.8. The minimum absolute atomic E-state index is 0.313. The topological polar surface area (TPSA) is 15.3 Å². The van der Waals surface area contributed by atoms with Crippen LogP contribution in [-0.4, -0.2) is 31.1 Å². The minimum atomic E-state index is -0.366. The molecule has 0 saturated carbocycles. The van der Waals surface area contributed by atoms with Crippen LogP contribution in [0.4, 0.5) is 8.78 Å². The van der Waals surface area contributed by atoms with Crippen LogP contribution in [0.5, 0.6) is 0 Å². The fraction of sp³-hybridized carbons (Fsp3) is 0.571. The molecule has 1 fully saturated rings. The van der Waals surface area contributed by atoms with E-state index in [0.29, 0.717) is 18.0 Å². The van der Waals surface area contributed by atoms with Crippen molar-refractivity contribution in [3.05, 3.63) is 35.4 Å². The van der Waals surface area contributed by atoms with E-state index in [9.17, 15) is 8.78 Å². The van der Waals surface area contributed by atoms with Crippen LogP contribution in [0.15, 0.2) is 18.2 Å². The van der Waals surface area contributed by atoms with E-state index in [2.05, 4.69) is 17.1 Å². The molecule has 0 radical (unpaired) electrons. The van der Waals surface area contributed by atoms with Gasteiger partial charge in [-0.1, -0.05) is 6.92 Å². The molecule has 100 valence electrons. The maximum atomic E-state index is 13.5. The van der Waals surface area contributed by atoms with Gasteiger partial charge in [-0.15, -0.1) is 0 Å². The second-order valence-electron chi connectivity index (χ2n) is 4.93. The standard InChI is InChI=1S/C14H20F2N2/c1-2-17-8-11-5-6-18(9-11)10-12-7-13(15)3-4-14(12)16/h3-4,7,11,17H,2,5-6,8-10H2,1H3. The lowest BCUT2D eigenvalue weighted by Gasteiger charge is -2.16. The Kier molecular flexibility index (Phi) is 4.66. The first-order valence-electron chi connectivity index (χ1n) is 6.56. The third-order valence-electron chi connectivity index (χ3n) is 3.45. The largest absolute Gasteiger partial charge is 0.317 e. The van der Waals surface area contributed by atoms with Gasteiger partial charge in [0.2, 0.25) is 0 Å². The summed E-state index contributed by atoms with van der Waals surface area (Å²) in [6.45, 7) is 6.52. The summed E-state index contributed by atoms with van der Waals surface area (Å²) in [5, 5.41) is 3.33. The lowest BCUT2D eigenvalue weighted by Crippen LogP contribution is -2.26. The van der Waals surface area contributed by atoms with Gasteiger partial charge in [-0.05, 0) is 50.2 Å². The molecule has 1 saturated heterocycles. The Balaban J connectivity index is 1.89. The molecule has 2 nitrogen and oxygen atoms in total. The summed E-state index contributed by atoms with van der Waals surface area (Å²) in [5.74, 6) is -0.0529. The molecule has 1 heterocycles. The first-order chi connectivity index (χ1) is 8.69. The quantitative estimate of drug-likeness (QED) is 0.868. The van der Waals surface area contributed by atoms with E-state index in [4.69, 9.17) is 0 Å². The molecule has 1 aromatic carbocycles. The van der Waals surface area contributed by atoms with E-state index >= 15 is 0 Å². The average Bonchev–Trinajstić information content (AvgIpc) is 2.79. The Morgan fingerprint density at radius 3 is 3.00 bits per heavy atom. The fourth-order valence-electron chi connectivity index (χ4n) is 2.48.